The predicted molar refractivity (Wildman–Crippen MR) is 78.0 cm³/mol. The van der Waals surface area contributed by atoms with Crippen molar-refractivity contribution in [2.45, 2.75) is 13.5 Å². The molecule has 6 nitrogen and oxygen atoms in total. The molecule has 1 aromatic carbocycles. The smallest absolute Gasteiger partial charge is 0.252 e. The summed E-state index contributed by atoms with van der Waals surface area (Å²) in [6.07, 6.45) is -1.68. The SMILES string of the molecule is Cc1nn(C)c(COC(=O)[O-])c1C(=O)c1ccc(Cl)cc1Cl. The topological polar surface area (TPSA) is 84.2 Å². The second-order valence-electron chi connectivity index (χ2n) is 4.52. The molecular weight excluding hydrogens is 331 g/mol. The fraction of sp³-hybridized carbons (Fsp3) is 0.214. The number of rotatable bonds is 4. The van der Waals surface area contributed by atoms with Gasteiger partial charge in [0.15, 0.2) is 5.78 Å². The molecule has 0 aliphatic rings. The molecule has 0 unspecified atom stereocenters. The summed E-state index contributed by atoms with van der Waals surface area (Å²) in [6.45, 7) is 1.30. The lowest BCUT2D eigenvalue weighted by Crippen LogP contribution is -2.24. The molecule has 0 saturated carbocycles. The third kappa shape index (κ3) is 3.23. The first-order valence-corrected chi connectivity index (χ1v) is 6.93. The number of nitrogens with zero attached hydrogens (tertiary/aromatic N) is 2. The van der Waals surface area contributed by atoms with Crippen LogP contribution in [0.1, 0.15) is 27.3 Å². The molecule has 2 aromatic rings. The van der Waals surface area contributed by atoms with E-state index in [0.29, 0.717) is 16.4 Å². The predicted octanol–water partition coefficient (Wildman–Crippen LogP) is 2.13. The molecule has 0 saturated heterocycles. The van der Waals surface area contributed by atoms with Gasteiger partial charge in [-0.3, -0.25) is 9.48 Å². The lowest BCUT2D eigenvalue weighted by molar-refractivity contribution is -0.284. The van der Waals surface area contributed by atoms with Gasteiger partial charge in [0.25, 0.3) is 6.16 Å². The molecule has 2 rings (SSSR count). The van der Waals surface area contributed by atoms with Gasteiger partial charge in [-0.25, -0.2) is 0 Å². The van der Waals surface area contributed by atoms with Gasteiger partial charge >= 0.3 is 0 Å². The van der Waals surface area contributed by atoms with Crippen LogP contribution in [0, 0.1) is 6.92 Å². The van der Waals surface area contributed by atoms with E-state index in [2.05, 4.69) is 9.84 Å². The highest BCUT2D eigenvalue weighted by molar-refractivity contribution is 6.37. The molecule has 1 aromatic heterocycles. The molecule has 0 spiro atoms. The molecular formula is C14H11Cl2N2O4-. The van der Waals surface area contributed by atoms with Crippen molar-refractivity contribution in [1.29, 1.82) is 0 Å². The summed E-state index contributed by atoms with van der Waals surface area (Å²) < 4.78 is 5.82. The van der Waals surface area contributed by atoms with Crippen LogP contribution < -0.4 is 5.11 Å². The molecule has 0 aliphatic heterocycles. The van der Waals surface area contributed by atoms with Gasteiger partial charge < -0.3 is 14.6 Å². The van der Waals surface area contributed by atoms with E-state index in [-0.39, 0.29) is 28.5 Å². The number of ether oxygens (including phenoxy) is 1. The largest absolute Gasteiger partial charge is 0.543 e. The Kier molecular flexibility index (Phi) is 4.73. The monoisotopic (exact) mass is 341 g/mol. The average molecular weight is 342 g/mol. The maximum Gasteiger partial charge on any atom is 0.252 e. The third-order valence-corrected chi connectivity index (χ3v) is 3.62. The van der Waals surface area contributed by atoms with Gasteiger partial charge in [0.05, 0.1) is 28.6 Å². The number of halogens is 2. The summed E-state index contributed by atoms with van der Waals surface area (Å²) in [5.41, 5.74) is 1.25. The highest BCUT2D eigenvalue weighted by atomic mass is 35.5. The Hall–Kier alpha value is -2.05. The van der Waals surface area contributed by atoms with E-state index in [4.69, 9.17) is 23.2 Å². The Morgan fingerprint density at radius 3 is 2.64 bits per heavy atom. The van der Waals surface area contributed by atoms with Crippen LogP contribution in [-0.2, 0) is 18.4 Å². The number of benzene rings is 1. The number of hydrogen-bond donors (Lipinski definition) is 0. The molecule has 22 heavy (non-hydrogen) atoms. The zero-order valence-corrected chi connectivity index (χ0v) is 13.2. The first-order chi connectivity index (χ1) is 10.3. The fourth-order valence-corrected chi connectivity index (χ4v) is 2.60. The zero-order chi connectivity index (χ0) is 16.4. The Bertz CT molecular complexity index is 756. The number of aromatic nitrogens is 2. The van der Waals surface area contributed by atoms with Gasteiger partial charge in [-0.1, -0.05) is 23.2 Å². The van der Waals surface area contributed by atoms with E-state index in [9.17, 15) is 14.7 Å². The average Bonchev–Trinajstić information content (AvgIpc) is 2.69. The van der Waals surface area contributed by atoms with Crippen molar-refractivity contribution in [1.82, 2.24) is 9.78 Å². The maximum absolute atomic E-state index is 12.7. The molecule has 0 atom stereocenters. The maximum atomic E-state index is 12.7. The molecule has 0 bridgehead atoms. The summed E-state index contributed by atoms with van der Waals surface area (Å²) in [4.78, 5) is 23.1. The van der Waals surface area contributed by atoms with Crippen LogP contribution in [0.4, 0.5) is 4.79 Å². The standard InChI is InChI=1S/C14H12Cl2N2O4/c1-7-12(11(18(2)17-7)6-22-14(20)21)13(19)9-4-3-8(15)5-10(9)16/h3-5H,6H2,1-2H3,(H,20,21)/p-1. The van der Waals surface area contributed by atoms with Gasteiger partial charge in [0.1, 0.15) is 0 Å². The number of aryl methyl sites for hydroxylation is 2. The fourth-order valence-electron chi connectivity index (χ4n) is 2.10. The summed E-state index contributed by atoms with van der Waals surface area (Å²) in [5, 5.41) is 15.2. The van der Waals surface area contributed by atoms with Crippen molar-refractivity contribution in [2.75, 3.05) is 0 Å². The molecule has 0 radical (unpaired) electrons. The van der Waals surface area contributed by atoms with Crippen LogP contribution in [0.3, 0.4) is 0 Å². The summed E-state index contributed by atoms with van der Waals surface area (Å²) in [7, 11) is 1.58. The highest BCUT2D eigenvalue weighted by Gasteiger charge is 2.23. The molecule has 0 fully saturated rings. The van der Waals surface area contributed by atoms with Crippen LogP contribution in [0.25, 0.3) is 0 Å². The molecule has 0 N–H and O–H groups in total. The quantitative estimate of drug-likeness (QED) is 0.628. The van der Waals surface area contributed by atoms with Crippen molar-refractivity contribution < 1.29 is 19.4 Å². The van der Waals surface area contributed by atoms with Crippen LogP contribution in [0.15, 0.2) is 18.2 Å². The van der Waals surface area contributed by atoms with Crippen LogP contribution in [-0.4, -0.2) is 21.7 Å². The normalized spacial score (nSPS) is 10.5. The molecule has 1 heterocycles. The summed E-state index contributed by atoms with van der Waals surface area (Å²) in [6, 6.07) is 4.51. The van der Waals surface area contributed by atoms with E-state index < -0.39 is 6.16 Å². The minimum Gasteiger partial charge on any atom is -0.543 e. The zero-order valence-electron chi connectivity index (χ0n) is 11.7. The highest BCUT2D eigenvalue weighted by Crippen LogP contribution is 2.26. The molecule has 0 amide bonds. The minimum atomic E-state index is -1.68. The van der Waals surface area contributed by atoms with Crippen LogP contribution >= 0.6 is 23.2 Å². The lowest BCUT2D eigenvalue weighted by Gasteiger charge is -2.11. The third-order valence-electron chi connectivity index (χ3n) is 3.07. The Morgan fingerprint density at radius 2 is 2.05 bits per heavy atom. The van der Waals surface area contributed by atoms with Crippen molar-refractivity contribution in [3.8, 4) is 0 Å². The van der Waals surface area contributed by atoms with E-state index in [1.54, 1.807) is 20.0 Å². The van der Waals surface area contributed by atoms with Gasteiger partial charge in [-0.15, -0.1) is 0 Å². The Balaban J connectivity index is 2.47. The number of carbonyl (C=O) groups is 2. The lowest BCUT2D eigenvalue weighted by atomic mass is 10.0. The van der Waals surface area contributed by atoms with Gasteiger partial charge in [0.2, 0.25) is 0 Å². The number of carbonyl (C=O) groups excluding carboxylic acids is 2. The van der Waals surface area contributed by atoms with Gasteiger partial charge in [-0.05, 0) is 25.1 Å². The van der Waals surface area contributed by atoms with E-state index in [0.717, 1.165) is 0 Å². The first-order valence-electron chi connectivity index (χ1n) is 6.17. The summed E-state index contributed by atoms with van der Waals surface area (Å²) >= 11 is 11.9. The van der Waals surface area contributed by atoms with Gasteiger partial charge in [-0.2, -0.15) is 5.10 Å². The van der Waals surface area contributed by atoms with Crippen LogP contribution in [0.2, 0.25) is 10.0 Å². The molecule has 116 valence electrons. The second-order valence-corrected chi connectivity index (χ2v) is 5.37. The summed E-state index contributed by atoms with van der Waals surface area (Å²) in [5.74, 6) is -0.385. The number of hydrogen-bond acceptors (Lipinski definition) is 5. The van der Waals surface area contributed by atoms with E-state index >= 15 is 0 Å². The van der Waals surface area contributed by atoms with E-state index in [1.165, 1.54) is 16.8 Å². The first kappa shape index (κ1) is 16.3. The van der Waals surface area contributed by atoms with Crippen molar-refractivity contribution in [2.24, 2.45) is 7.05 Å². The number of ketones is 1. The van der Waals surface area contributed by atoms with E-state index in [1.807, 2.05) is 0 Å². The minimum absolute atomic E-state index is 0.201. The van der Waals surface area contributed by atoms with Gasteiger partial charge in [0, 0.05) is 17.6 Å². The van der Waals surface area contributed by atoms with Crippen molar-refractivity contribution in [3.63, 3.8) is 0 Å². The Morgan fingerprint density at radius 1 is 1.36 bits per heavy atom. The Labute approximate surface area is 136 Å². The number of carboxylic acid groups (broad SMARTS) is 1. The molecule has 8 heteroatoms. The van der Waals surface area contributed by atoms with Crippen LogP contribution in [0.5, 0.6) is 0 Å². The molecule has 0 aliphatic carbocycles. The van der Waals surface area contributed by atoms with Crippen molar-refractivity contribution >= 4 is 35.1 Å². The van der Waals surface area contributed by atoms with Crippen molar-refractivity contribution in [3.05, 3.63) is 50.8 Å². The second kappa shape index (κ2) is 6.37.